The van der Waals surface area contributed by atoms with Gasteiger partial charge in [-0.25, -0.2) is 0 Å². The fourth-order valence-corrected chi connectivity index (χ4v) is 2.92. The number of nitrogens with zero attached hydrogens (tertiary/aromatic N) is 5. The Bertz CT molecular complexity index is 824. The van der Waals surface area contributed by atoms with E-state index in [1.54, 1.807) is 24.6 Å². The third kappa shape index (κ3) is 4.37. The highest BCUT2D eigenvalue weighted by atomic mass is 16.5. The molecule has 8 nitrogen and oxygen atoms in total. The Hall–Kier alpha value is -2.48. The summed E-state index contributed by atoms with van der Waals surface area (Å²) in [5.41, 5.74) is 0.578. The van der Waals surface area contributed by atoms with E-state index in [9.17, 15) is 9.59 Å². The number of hydrogen-bond donors (Lipinski definition) is 0. The summed E-state index contributed by atoms with van der Waals surface area (Å²) in [5.74, 6) is 0.545. The van der Waals surface area contributed by atoms with Gasteiger partial charge < -0.3 is 18.9 Å². The number of carbonyl (C=O) groups is 1. The molecule has 8 heteroatoms. The van der Waals surface area contributed by atoms with Crippen LogP contribution in [0.4, 0.5) is 0 Å². The van der Waals surface area contributed by atoms with E-state index in [2.05, 4.69) is 10.1 Å². The van der Waals surface area contributed by atoms with Crippen LogP contribution in [0, 0.1) is 13.8 Å². The molecule has 0 aliphatic heterocycles. The number of hydrogen-bond acceptors (Lipinski definition) is 6. The maximum Gasteiger partial charge on any atom is 0.263 e. The number of likely N-dealkylation sites (N-methyl/N-ethyl adjacent to an activating group) is 1. The molecule has 0 aromatic carbocycles. The Balaban J connectivity index is 2.35. The number of aryl methyl sites for hydroxylation is 2. The largest absolute Gasteiger partial charge is 0.337 e. The SMILES string of the molecule is CCN(Cc1nc(C)no1)C(=O)c1c(C)ccn(C(C)CN(C)C)c1=O. The van der Waals surface area contributed by atoms with Crippen molar-refractivity contribution in [2.45, 2.75) is 40.3 Å². The number of carbonyl (C=O) groups excluding carboxylic acids is 1. The molecule has 2 aromatic rings. The maximum atomic E-state index is 13.0. The summed E-state index contributed by atoms with van der Waals surface area (Å²) in [4.78, 5) is 33.7. The fourth-order valence-electron chi connectivity index (χ4n) is 2.92. The molecule has 1 unspecified atom stereocenters. The fraction of sp³-hybridized carbons (Fsp3) is 0.556. The van der Waals surface area contributed by atoms with E-state index >= 15 is 0 Å². The van der Waals surface area contributed by atoms with Gasteiger partial charge in [-0.05, 0) is 53.4 Å². The molecule has 0 N–H and O–H groups in total. The van der Waals surface area contributed by atoms with Crippen molar-refractivity contribution in [2.75, 3.05) is 27.2 Å². The molecular weight excluding hydrogens is 334 g/mol. The first-order chi connectivity index (χ1) is 12.2. The van der Waals surface area contributed by atoms with Crippen molar-refractivity contribution >= 4 is 5.91 Å². The van der Waals surface area contributed by atoms with Crippen molar-refractivity contribution in [3.05, 3.63) is 45.5 Å². The number of amides is 1. The van der Waals surface area contributed by atoms with Crippen LogP contribution in [0.15, 0.2) is 21.6 Å². The zero-order valence-electron chi connectivity index (χ0n) is 16.3. The molecule has 0 aliphatic rings. The van der Waals surface area contributed by atoms with Gasteiger partial charge in [-0.1, -0.05) is 5.16 Å². The van der Waals surface area contributed by atoms with E-state index in [1.165, 1.54) is 4.90 Å². The molecule has 0 spiro atoms. The van der Waals surface area contributed by atoms with E-state index in [-0.39, 0.29) is 29.6 Å². The van der Waals surface area contributed by atoms with Gasteiger partial charge in [-0.2, -0.15) is 4.98 Å². The summed E-state index contributed by atoms with van der Waals surface area (Å²) in [5, 5.41) is 3.74. The molecule has 1 amide bonds. The highest BCUT2D eigenvalue weighted by molar-refractivity contribution is 5.95. The first-order valence-electron chi connectivity index (χ1n) is 8.69. The lowest BCUT2D eigenvalue weighted by molar-refractivity contribution is 0.0731. The van der Waals surface area contributed by atoms with E-state index in [4.69, 9.17) is 4.52 Å². The van der Waals surface area contributed by atoms with Crippen molar-refractivity contribution in [3.63, 3.8) is 0 Å². The van der Waals surface area contributed by atoms with Crippen molar-refractivity contribution in [2.24, 2.45) is 0 Å². The molecule has 1 atom stereocenters. The van der Waals surface area contributed by atoms with Crippen LogP contribution in [0.2, 0.25) is 0 Å². The Morgan fingerprint density at radius 1 is 1.35 bits per heavy atom. The quantitative estimate of drug-likeness (QED) is 0.745. The Morgan fingerprint density at radius 2 is 2.04 bits per heavy atom. The van der Waals surface area contributed by atoms with Gasteiger partial charge in [0.15, 0.2) is 5.82 Å². The van der Waals surface area contributed by atoms with Crippen LogP contribution in [0.1, 0.15) is 47.5 Å². The number of aromatic nitrogens is 3. The van der Waals surface area contributed by atoms with Crippen LogP contribution < -0.4 is 5.56 Å². The average molecular weight is 361 g/mol. The van der Waals surface area contributed by atoms with Crippen LogP contribution >= 0.6 is 0 Å². The Morgan fingerprint density at radius 3 is 2.58 bits per heavy atom. The predicted molar refractivity (Wildman–Crippen MR) is 98.2 cm³/mol. The minimum atomic E-state index is -0.322. The Kier molecular flexibility index (Phi) is 6.31. The summed E-state index contributed by atoms with van der Waals surface area (Å²) in [6, 6.07) is 1.77. The van der Waals surface area contributed by atoms with Crippen LogP contribution in [0.3, 0.4) is 0 Å². The second-order valence-electron chi connectivity index (χ2n) is 6.75. The third-order valence-corrected chi connectivity index (χ3v) is 4.21. The molecule has 0 fully saturated rings. The van der Waals surface area contributed by atoms with E-state index < -0.39 is 0 Å². The summed E-state index contributed by atoms with van der Waals surface area (Å²) in [7, 11) is 3.90. The lowest BCUT2D eigenvalue weighted by atomic mass is 10.1. The molecule has 0 saturated heterocycles. The van der Waals surface area contributed by atoms with Gasteiger partial charge >= 0.3 is 0 Å². The van der Waals surface area contributed by atoms with Crippen LogP contribution in [-0.4, -0.2) is 57.6 Å². The highest BCUT2D eigenvalue weighted by Gasteiger charge is 2.24. The standard InChI is InChI=1S/C18H27N5O3/c1-7-22(11-15-19-14(4)20-26-15)17(24)16-12(2)8-9-23(18(16)25)13(3)10-21(5)6/h8-9,13H,7,10-11H2,1-6H3. The molecule has 0 bridgehead atoms. The van der Waals surface area contributed by atoms with Crippen molar-refractivity contribution < 1.29 is 9.32 Å². The van der Waals surface area contributed by atoms with Crippen molar-refractivity contribution in [1.29, 1.82) is 0 Å². The van der Waals surface area contributed by atoms with Gasteiger partial charge in [0.05, 0.1) is 0 Å². The summed E-state index contributed by atoms with van der Waals surface area (Å²) >= 11 is 0. The molecule has 0 saturated carbocycles. The zero-order valence-corrected chi connectivity index (χ0v) is 16.3. The Labute approximate surface area is 153 Å². The average Bonchev–Trinajstić information content (AvgIpc) is 2.96. The van der Waals surface area contributed by atoms with E-state index in [0.717, 1.165) is 0 Å². The summed E-state index contributed by atoms with van der Waals surface area (Å²) in [6.45, 7) is 8.63. The molecule has 2 heterocycles. The minimum Gasteiger partial charge on any atom is -0.337 e. The zero-order chi connectivity index (χ0) is 19.4. The monoisotopic (exact) mass is 361 g/mol. The van der Waals surface area contributed by atoms with Crippen LogP contribution in [-0.2, 0) is 6.54 Å². The maximum absolute atomic E-state index is 13.0. The van der Waals surface area contributed by atoms with E-state index in [1.807, 2.05) is 38.9 Å². The van der Waals surface area contributed by atoms with Gasteiger partial charge in [0, 0.05) is 25.3 Å². The molecule has 0 aliphatic carbocycles. The van der Waals surface area contributed by atoms with Crippen LogP contribution in [0.5, 0.6) is 0 Å². The summed E-state index contributed by atoms with van der Waals surface area (Å²) < 4.78 is 6.72. The molecule has 0 radical (unpaired) electrons. The van der Waals surface area contributed by atoms with E-state index in [0.29, 0.717) is 30.4 Å². The van der Waals surface area contributed by atoms with Gasteiger partial charge in [0.25, 0.3) is 11.5 Å². The van der Waals surface area contributed by atoms with Crippen molar-refractivity contribution in [1.82, 2.24) is 24.5 Å². The lowest BCUT2D eigenvalue weighted by Crippen LogP contribution is -2.39. The van der Waals surface area contributed by atoms with Gasteiger partial charge in [0.2, 0.25) is 5.89 Å². The third-order valence-electron chi connectivity index (χ3n) is 4.21. The minimum absolute atomic E-state index is 0.0432. The molecular formula is C18H27N5O3. The van der Waals surface area contributed by atoms with Gasteiger partial charge in [-0.15, -0.1) is 0 Å². The molecule has 142 valence electrons. The number of rotatable bonds is 7. The molecule has 2 aromatic heterocycles. The smallest absolute Gasteiger partial charge is 0.263 e. The van der Waals surface area contributed by atoms with Crippen molar-refractivity contribution in [3.8, 4) is 0 Å². The highest BCUT2D eigenvalue weighted by Crippen LogP contribution is 2.12. The van der Waals surface area contributed by atoms with Gasteiger partial charge in [-0.3, -0.25) is 9.59 Å². The predicted octanol–water partition coefficient (Wildman–Crippen LogP) is 1.63. The first kappa shape index (κ1) is 19.8. The normalized spacial score (nSPS) is 12.4. The second kappa shape index (κ2) is 8.27. The summed E-state index contributed by atoms with van der Waals surface area (Å²) in [6.07, 6.45) is 1.75. The lowest BCUT2D eigenvalue weighted by Gasteiger charge is -2.23. The number of pyridine rings is 1. The molecule has 2 rings (SSSR count). The second-order valence-corrected chi connectivity index (χ2v) is 6.75. The topological polar surface area (TPSA) is 84.5 Å². The first-order valence-corrected chi connectivity index (χ1v) is 8.69. The van der Waals surface area contributed by atoms with Crippen LogP contribution in [0.25, 0.3) is 0 Å². The van der Waals surface area contributed by atoms with Gasteiger partial charge in [0.1, 0.15) is 12.1 Å². The molecule has 26 heavy (non-hydrogen) atoms.